The molecular formula is C42H46FN3O7Si. The summed E-state index contributed by atoms with van der Waals surface area (Å²) in [6.07, 6.45) is 0.0883. The number of carbonyl (C=O) groups is 4. The molecule has 1 saturated heterocycles. The predicted octanol–water partition coefficient (Wildman–Crippen LogP) is 7.01. The van der Waals surface area contributed by atoms with Crippen molar-refractivity contribution in [3.8, 4) is 0 Å². The molecule has 10 nitrogen and oxygen atoms in total. The molecule has 0 aromatic heterocycles. The zero-order valence-electron chi connectivity index (χ0n) is 31.1. The van der Waals surface area contributed by atoms with E-state index in [1.54, 1.807) is 27.8 Å². The number of fused-ring (bicyclic) bond motifs is 2. The Morgan fingerprint density at radius 2 is 1.72 bits per heavy atom. The van der Waals surface area contributed by atoms with Gasteiger partial charge in [0.15, 0.2) is 5.60 Å². The zero-order valence-corrected chi connectivity index (χ0v) is 32.1. The molecule has 3 amide bonds. The molecule has 4 aromatic carbocycles. The van der Waals surface area contributed by atoms with Gasteiger partial charge in [0.25, 0.3) is 11.8 Å². The van der Waals surface area contributed by atoms with E-state index in [0.29, 0.717) is 35.3 Å². The second kappa shape index (κ2) is 14.7. The van der Waals surface area contributed by atoms with Gasteiger partial charge in [-0.15, -0.1) is 0 Å². The summed E-state index contributed by atoms with van der Waals surface area (Å²) in [5.74, 6) is -1.86. The fraction of sp³-hybridized carbons (Fsp3) is 0.381. The lowest BCUT2D eigenvalue weighted by molar-refractivity contribution is -0.149. The van der Waals surface area contributed by atoms with Crippen LogP contribution in [-0.4, -0.2) is 75.0 Å². The Hall–Kier alpha value is -4.91. The van der Waals surface area contributed by atoms with E-state index in [1.807, 2.05) is 91.9 Å². The number of benzene rings is 4. The van der Waals surface area contributed by atoms with Crippen molar-refractivity contribution in [1.29, 1.82) is 0 Å². The van der Waals surface area contributed by atoms with Gasteiger partial charge in [0.05, 0.1) is 43.2 Å². The molecule has 1 fully saturated rings. The topological polar surface area (TPSA) is 117 Å². The van der Waals surface area contributed by atoms with E-state index in [1.165, 1.54) is 7.11 Å². The van der Waals surface area contributed by atoms with Crippen LogP contribution < -0.4 is 9.80 Å². The summed E-state index contributed by atoms with van der Waals surface area (Å²) in [4.78, 5) is 59.8. The van der Waals surface area contributed by atoms with Crippen molar-refractivity contribution in [3.63, 3.8) is 0 Å². The van der Waals surface area contributed by atoms with Crippen molar-refractivity contribution in [2.24, 2.45) is 5.92 Å². The Bertz CT molecular complexity index is 2100. The van der Waals surface area contributed by atoms with Crippen molar-refractivity contribution in [2.75, 3.05) is 36.6 Å². The first-order chi connectivity index (χ1) is 25.9. The molecule has 3 aliphatic rings. The minimum atomic E-state index is -3.62. The highest BCUT2D eigenvalue weighted by Crippen LogP contribution is 2.61. The summed E-state index contributed by atoms with van der Waals surface area (Å²) in [6, 6.07) is 26.3. The van der Waals surface area contributed by atoms with Gasteiger partial charge < -0.3 is 28.5 Å². The molecule has 282 valence electrons. The maximum absolute atomic E-state index is 16.7. The van der Waals surface area contributed by atoms with Gasteiger partial charge in [-0.1, -0.05) is 61.5 Å². The fourth-order valence-corrected chi connectivity index (χ4v) is 11.4. The average molecular weight is 752 g/mol. The molecule has 54 heavy (non-hydrogen) atoms. The third kappa shape index (κ3) is 6.39. The normalized spacial score (nSPS) is 21.7. The lowest BCUT2D eigenvalue weighted by atomic mass is 9.82. The highest BCUT2D eigenvalue weighted by molar-refractivity contribution is 6.72. The van der Waals surface area contributed by atoms with Crippen LogP contribution in [0.15, 0.2) is 84.9 Å². The highest BCUT2D eigenvalue weighted by Gasteiger charge is 2.67. The molecule has 1 N–H and O–H groups in total. The summed E-state index contributed by atoms with van der Waals surface area (Å²) < 4.78 is 28.4. The number of anilines is 3. The minimum Gasteiger partial charge on any atom is -0.469 e. The first kappa shape index (κ1) is 37.4. The number of ether oxygens (including phenoxy) is 2. The fourth-order valence-electron chi connectivity index (χ4n) is 8.93. The van der Waals surface area contributed by atoms with Crippen LogP contribution in [0.3, 0.4) is 0 Å². The molecule has 0 aliphatic carbocycles. The number of carbonyl (C=O) groups excluding carboxylic acids is 4. The maximum Gasteiger partial charge on any atom is 0.305 e. The van der Waals surface area contributed by atoms with Crippen LogP contribution >= 0.6 is 0 Å². The number of hydrogen-bond acceptors (Lipinski definition) is 7. The summed E-state index contributed by atoms with van der Waals surface area (Å²) in [7, 11) is -2.28. The molecule has 3 aliphatic heterocycles. The van der Waals surface area contributed by atoms with E-state index in [2.05, 4.69) is 0 Å². The van der Waals surface area contributed by atoms with Crippen LogP contribution in [0.4, 0.5) is 21.2 Å². The first-order valence-corrected chi connectivity index (χ1v) is 21.5. The SMILES string of the molecule is COC(=O)CCCCN1C(=O)[C@@]2(O[C@@H](CC(=O)N(CCO)Cc3ccccc3)[C@H]([Si](C)(C)F)[C@H]2C)c2cc(N3C(=O)c4cccc5cccc3c45)ccc21. The second-order valence-electron chi connectivity index (χ2n) is 15.0. The van der Waals surface area contributed by atoms with E-state index in [-0.39, 0.29) is 62.8 Å². The molecule has 1 spiro atoms. The maximum atomic E-state index is 16.7. The molecule has 0 unspecified atom stereocenters. The lowest BCUT2D eigenvalue weighted by Gasteiger charge is -2.31. The number of esters is 1. The van der Waals surface area contributed by atoms with Gasteiger partial charge in [0.1, 0.15) is 0 Å². The van der Waals surface area contributed by atoms with E-state index in [9.17, 15) is 24.3 Å². The van der Waals surface area contributed by atoms with Crippen molar-refractivity contribution in [2.45, 2.75) is 69.5 Å². The summed E-state index contributed by atoms with van der Waals surface area (Å²) in [6.45, 7) is 5.40. The van der Waals surface area contributed by atoms with E-state index < -0.39 is 31.6 Å². The largest absolute Gasteiger partial charge is 0.469 e. The van der Waals surface area contributed by atoms with Gasteiger partial charge in [-0.2, -0.15) is 0 Å². The van der Waals surface area contributed by atoms with E-state index in [0.717, 1.165) is 22.0 Å². The number of aliphatic hydroxyl groups excluding tert-OH is 1. The summed E-state index contributed by atoms with van der Waals surface area (Å²) in [5.41, 5.74) is 1.48. The van der Waals surface area contributed by atoms with Crippen molar-refractivity contribution >= 4 is 59.9 Å². The number of amides is 3. The first-order valence-electron chi connectivity index (χ1n) is 18.6. The van der Waals surface area contributed by atoms with Crippen molar-refractivity contribution < 1.29 is 37.9 Å². The smallest absolute Gasteiger partial charge is 0.305 e. The molecule has 4 aromatic rings. The number of hydrogen-bond donors (Lipinski definition) is 1. The van der Waals surface area contributed by atoms with Gasteiger partial charge in [-0.3, -0.25) is 24.1 Å². The molecule has 12 heteroatoms. The van der Waals surface area contributed by atoms with Crippen LogP contribution in [0.1, 0.15) is 54.1 Å². The number of methoxy groups -OCH3 is 1. The molecule has 7 rings (SSSR count). The Labute approximate surface area is 315 Å². The molecule has 0 saturated carbocycles. The van der Waals surface area contributed by atoms with Crippen LogP contribution in [0.2, 0.25) is 18.6 Å². The number of rotatable bonds is 13. The zero-order chi connectivity index (χ0) is 38.4. The van der Waals surface area contributed by atoms with Crippen molar-refractivity contribution in [3.05, 3.63) is 102 Å². The molecular weight excluding hydrogens is 706 g/mol. The average Bonchev–Trinajstić information content (AvgIpc) is 3.71. The Balaban J connectivity index is 1.28. The van der Waals surface area contributed by atoms with Gasteiger partial charge in [-0.05, 0) is 67.2 Å². The molecule has 4 atom stereocenters. The van der Waals surface area contributed by atoms with Crippen LogP contribution in [-0.2, 0) is 36.0 Å². The lowest BCUT2D eigenvalue weighted by Crippen LogP contribution is -2.45. The van der Waals surface area contributed by atoms with Gasteiger partial charge >= 0.3 is 5.97 Å². The monoisotopic (exact) mass is 751 g/mol. The van der Waals surface area contributed by atoms with Gasteiger partial charge in [-0.25, -0.2) is 0 Å². The summed E-state index contributed by atoms with van der Waals surface area (Å²) in [5, 5.41) is 11.7. The minimum absolute atomic E-state index is 0.0890. The Kier molecular flexibility index (Phi) is 10.2. The van der Waals surface area contributed by atoms with Crippen LogP contribution in [0.5, 0.6) is 0 Å². The van der Waals surface area contributed by atoms with E-state index in [4.69, 9.17) is 9.47 Å². The third-order valence-corrected chi connectivity index (χ3v) is 13.8. The van der Waals surface area contributed by atoms with Gasteiger partial charge in [0.2, 0.25) is 14.3 Å². The third-order valence-electron chi connectivity index (χ3n) is 11.3. The standard InChI is InChI=1S/C42H46FN3O7Si/c1-27-39(54(3,4)43)35(25-36(48)44(22-23-47)26-28-12-6-5-7-13-28)53-42(27)32-24-30(19-20-33(32)45(41(42)51)21-9-8-18-37(49)52-2)46-34-17-11-15-29-14-10-16-31(38(29)34)40(46)50/h5-7,10-17,19-20,24,27,35,39,47H,8-9,18,21-23,25-26H2,1-4H3/t27-,35+,39-,42+/m1/s1. The number of aliphatic hydroxyl groups is 1. The van der Waals surface area contributed by atoms with Crippen molar-refractivity contribution in [1.82, 2.24) is 4.90 Å². The second-order valence-corrected chi connectivity index (χ2v) is 18.8. The quantitative estimate of drug-likeness (QED) is 0.0677. The predicted molar refractivity (Wildman–Crippen MR) is 207 cm³/mol. The van der Waals surface area contributed by atoms with Crippen LogP contribution in [0.25, 0.3) is 10.8 Å². The van der Waals surface area contributed by atoms with Gasteiger partial charge in [0, 0.05) is 54.2 Å². The molecule has 0 bridgehead atoms. The Morgan fingerprint density at radius 3 is 2.43 bits per heavy atom. The number of halogens is 1. The molecule has 3 heterocycles. The number of unbranched alkanes of at least 4 members (excludes halogenated alkanes) is 1. The molecule has 0 radical (unpaired) electrons. The summed E-state index contributed by atoms with van der Waals surface area (Å²) >= 11 is 0. The Morgan fingerprint density at radius 1 is 0.981 bits per heavy atom. The van der Waals surface area contributed by atoms with E-state index >= 15 is 4.11 Å². The highest BCUT2D eigenvalue weighted by atomic mass is 28.4. The number of nitrogens with zero attached hydrogens (tertiary/aromatic N) is 3. The van der Waals surface area contributed by atoms with Crippen LogP contribution in [0, 0.1) is 5.92 Å².